The summed E-state index contributed by atoms with van der Waals surface area (Å²) in [6, 6.07) is 4.47. The number of amides is 1. The minimum Gasteiger partial charge on any atom is -0.398 e. The van der Waals surface area contributed by atoms with Crippen LogP contribution in [0.4, 0.5) is 5.69 Å². The minimum absolute atomic E-state index is 0.300. The Morgan fingerprint density at radius 1 is 1.47 bits per heavy atom. The number of nitrogens with two attached hydrogens (primary N) is 1. The molecule has 6 heteroatoms. The topological polar surface area (TPSA) is 95.6 Å². The van der Waals surface area contributed by atoms with Crippen LogP contribution >= 0.6 is 11.6 Å². The van der Waals surface area contributed by atoms with Crippen LogP contribution in [0.1, 0.15) is 17.3 Å². The van der Waals surface area contributed by atoms with Crippen molar-refractivity contribution in [3.8, 4) is 0 Å². The molecule has 5 N–H and O–H groups in total. The molecule has 0 unspecified atom stereocenters. The van der Waals surface area contributed by atoms with Crippen LogP contribution in [0.2, 0.25) is 5.02 Å². The van der Waals surface area contributed by atoms with E-state index in [4.69, 9.17) is 27.5 Å². The van der Waals surface area contributed by atoms with Crippen LogP contribution in [0.25, 0.3) is 0 Å². The molecule has 0 aliphatic carbocycles. The average molecular weight is 259 g/mol. The van der Waals surface area contributed by atoms with Gasteiger partial charge in [0, 0.05) is 5.56 Å². The largest absolute Gasteiger partial charge is 0.398 e. The molecular formula is C11H15ClN2O3. The van der Waals surface area contributed by atoms with E-state index in [1.807, 2.05) is 0 Å². The van der Waals surface area contributed by atoms with Crippen LogP contribution < -0.4 is 11.1 Å². The Kier molecular flexibility index (Phi) is 4.34. The zero-order chi connectivity index (χ0) is 13.1. The lowest BCUT2D eigenvalue weighted by Crippen LogP contribution is -2.51. The highest BCUT2D eigenvalue weighted by atomic mass is 35.5. The van der Waals surface area contributed by atoms with E-state index in [0.717, 1.165) is 0 Å². The standard InChI is InChI=1S/C11H15ClN2O3/c1-11(5-15,6-16)14-10(17)7-2-3-8(12)9(13)4-7/h2-4,15-16H,5-6,13H2,1H3,(H,14,17). The van der Waals surface area contributed by atoms with Crippen molar-refractivity contribution in [2.24, 2.45) is 0 Å². The number of aliphatic hydroxyl groups excluding tert-OH is 2. The molecule has 1 aromatic carbocycles. The molecule has 94 valence electrons. The Balaban J connectivity index is 2.86. The molecule has 0 radical (unpaired) electrons. The highest BCUT2D eigenvalue weighted by Crippen LogP contribution is 2.19. The summed E-state index contributed by atoms with van der Waals surface area (Å²) in [6.45, 7) is 0.806. The van der Waals surface area contributed by atoms with Gasteiger partial charge in [-0.05, 0) is 25.1 Å². The molecule has 0 spiro atoms. The van der Waals surface area contributed by atoms with Crippen molar-refractivity contribution in [2.45, 2.75) is 12.5 Å². The van der Waals surface area contributed by atoms with E-state index in [1.165, 1.54) is 25.1 Å². The lowest BCUT2D eigenvalue weighted by Gasteiger charge is -2.26. The Morgan fingerprint density at radius 3 is 2.53 bits per heavy atom. The number of hydrogen-bond donors (Lipinski definition) is 4. The van der Waals surface area contributed by atoms with E-state index in [9.17, 15) is 4.79 Å². The summed E-state index contributed by atoms with van der Waals surface area (Å²) >= 11 is 5.74. The number of carbonyl (C=O) groups is 1. The number of nitrogen functional groups attached to an aromatic ring is 1. The fourth-order valence-electron chi connectivity index (χ4n) is 1.16. The van der Waals surface area contributed by atoms with Crippen molar-refractivity contribution < 1.29 is 15.0 Å². The van der Waals surface area contributed by atoms with E-state index < -0.39 is 11.4 Å². The van der Waals surface area contributed by atoms with Crippen molar-refractivity contribution in [3.63, 3.8) is 0 Å². The van der Waals surface area contributed by atoms with Crippen LogP contribution in [0.15, 0.2) is 18.2 Å². The summed E-state index contributed by atoms with van der Waals surface area (Å²) < 4.78 is 0. The molecule has 1 amide bonds. The number of halogens is 1. The third-order valence-electron chi connectivity index (χ3n) is 2.37. The Bertz CT molecular complexity index is 419. The number of rotatable bonds is 4. The molecule has 17 heavy (non-hydrogen) atoms. The molecule has 1 aromatic rings. The van der Waals surface area contributed by atoms with Crippen LogP contribution in [-0.4, -0.2) is 34.9 Å². The van der Waals surface area contributed by atoms with Gasteiger partial charge in [0.2, 0.25) is 0 Å². The number of hydrogen-bond acceptors (Lipinski definition) is 4. The van der Waals surface area contributed by atoms with Gasteiger partial charge in [0.05, 0.1) is 29.5 Å². The summed E-state index contributed by atoms with van der Waals surface area (Å²) in [5, 5.41) is 21.0. The average Bonchev–Trinajstić information content (AvgIpc) is 2.32. The van der Waals surface area contributed by atoms with Crippen LogP contribution in [0, 0.1) is 0 Å². The molecule has 0 fully saturated rings. The van der Waals surface area contributed by atoms with E-state index in [0.29, 0.717) is 16.3 Å². The van der Waals surface area contributed by atoms with E-state index >= 15 is 0 Å². The smallest absolute Gasteiger partial charge is 0.251 e. The number of benzene rings is 1. The van der Waals surface area contributed by atoms with Crippen molar-refractivity contribution in [2.75, 3.05) is 18.9 Å². The first-order valence-electron chi connectivity index (χ1n) is 5.01. The Labute approximate surface area is 104 Å². The lowest BCUT2D eigenvalue weighted by atomic mass is 10.0. The lowest BCUT2D eigenvalue weighted by molar-refractivity contribution is 0.0724. The van der Waals surface area contributed by atoms with Crippen molar-refractivity contribution in [3.05, 3.63) is 28.8 Å². The van der Waals surface area contributed by atoms with E-state index in [1.54, 1.807) is 0 Å². The van der Waals surface area contributed by atoms with Gasteiger partial charge in [-0.3, -0.25) is 4.79 Å². The molecule has 0 atom stereocenters. The maximum Gasteiger partial charge on any atom is 0.251 e. The van der Waals surface area contributed by atoms with Gasteiger partial charge in [0.1, 0.15) is 0 Å². The van der Waals surface area contributed by atoms with Gasteiger partial charge >= 0.3 is 0 Å². The Morgan fingerprint density at radius 2 is 2.06 bits per heavy atom. The van der Waals surface area contributed by atoms with E-state index in [2.05, 4.69) is 5.32 Å². The molecule has 1 rings (SSSR count). The molecule has 5 nitrogen and oxygen atoms in total. The van der Waals surface area contributed by atoms with Crippen LogP contribution in [0.5, 0.6) is 0 Å². The molecule has 0 aliphatic heterocycles. The first kappa shape index (κ1) is 13.8. The zero-order valence-corrected chi connectivity index (χ0v) is 10.2. The summed E-state index contributed by atoms with van der Waals surface area (Å²) in [4.78, 5) is 11.8. The van der Waals surface area contributed by atoms with Crippen LogP contribution in [0.3, 0.4) is 0 Å². The molecule has 0 aliphatic rings. The maximum atomic E-state index is 11.8. The van der Waals surface area contributed by atoms with E-state index in [-0.39, 0.29) is 13.2 Å². The number of carbonyl (C=O) groups excluding carboxylic acids is 1. The molecule has 0 aromatic heterocycles. The second-order valence-corrected chi connectivity index (χ2v) is 4.47. The summed E-state index contributed by atoms with van der Waals surface area (Å²) in [5.41, 5.74) is 5.13. The maximum absolute atomic E-state index is 11.8. The normalized spacial score (nSPS) is 11.3. The second kappa shape index (κ2) is 5.35. The summed E-state index contributed by atoms with van der Waals surface area (Å²) in [7, 11) is 0. The molecule has 0 saturated heterocycles. The van der Waals surface area contributed by atoms with Crippen molar-refractivity contribution in [1.29, 1.82) is 0 Å². The molecule has 0 heterocycles. The summed E-state index contributed by atoms with van der Waals surface area (Å²) in [5.74, 6) is -0.432. The quantitative estimate of drug-likeness (QED) is 0.588. The minimum atomic E-state index is -1.06. The van der Waals surface area contributed by atoms with Crippen molar-refractivity contribution in [1.82, 2.24) is 5.32 Å². The third kappa shape index (κ3) is 3.33. The van der Waals surface area contributed by atoms with Gasteiger partial charge in [0.15, 0.2) is 0 Å². The van der Waals surface area contributed by atoms with Gasteiger partial charge in [0.25, 0.3) is 5.91 Å². The fourth-order valence-corrected chi connectivity index (χ4v) is 1.28. The fraction of sp³-hybridized carbons (Fsp3) is 0.364. The van der Waals surface area contributed by atoms with Gasteiger partial charge in [-0.2, -0.15) is 0 Å². The third-order valence-corrected chi connectivity index (χ3v) is 2.72. The van der Waals surface area contributed by atoms with Crippen molar-refractivity contribution >= 4 is 23.2 Å². The predicted molar refractivity (Wildman–Crippen MR) is 65.9 cm³/mol. The Hall–Kier alpha value is -1.30. The molecule has 0 saturated carbocycles. The molecular weight excluding hydrogens is 244 g/mol. The zero-order valence-electron chi connectivity index (χ0n) is 9.40. The summed E-state index contributed by atoms with van der Waals surface area (Å²) in [6.07, 6.45) is 0. The van der Waals surface area contributed by atoms with Gasteiger partial charge in [-0.1, -0.05) is 11.6 Å². The van der Waals surface area contributed by atoms with Gasteiger partial charge in [-0.25, -0.2) is 0 Å². The first-order valence-corrected chi connectivity index (χ1v) is 5.39. The predicted octanol–water partition coefficient (Wildman–Crippen LogP) is 0.395. The second-order valence-electron chi connectivity index (χ2n) is 4.07. The van der Waals surface area contributed by atoms with Gasteiger partial charge in [-0.15, -0.1) is 0 Å². The first-order chi connectivity index (χ1) is 7.91. The van der Waals surface area contributed by atoms with Crippen LogP contribution in [-0.2, 0) is 0 Å². The monoisotopic (exact) mass is 258 g/mol. The highest BCUT2D eigenvalue weighted by Gasteiger charge is 2.25. The number of anilines is 1. The molecule has 0 bridgehead atoms. The number of aliphatic hydroxyl groups is 2. The highest BCUT2D eigenvalue weighted by molar-refractivity contribution is 6.33. The SMILES string of the molecule is CC(CO)(CO)NC(=O)c1ccc(Cl)c(N)c1. The number of nitrogens with one attached hydrogen (secondary N) is 1. The van der Waals surface area contributed by atoms with Gasteiger partial charge < -0.3 is 21.3 Å².